The Bertz CT molecular complexity index is 869. The van der Waals surface area contributed by atoms with E-state index < -0.39 is 0 Å². The number of allylic oxidation sites excluding steroid dienone is 1. The Balaban J connectivity index is 1.56. The highest BCUT2D eigenvalue weighted by molar-refractivity contribution is 6.09. The zero-order valence-corrected chi connectivity index (χ0v) is 15.0. The first-order chi connectivity index (χ1) is 13.1. The van der Waals surface area contributed by atoms with Crippen LogP contribution in [0.5, 0.6) is 5.75 Å². The number of phenolic OH excluding ortho intramolecular Hbond substituents is 1. The summed E-state index contributed by atoms with van der Waals surface area (Å²) in [6.45, 7) is 1.96. The Morgan fingerprint density at radius 2 is 2.04 bits per heavy atom. The molecule has 1 unspecified atom stereocenters. The van der Waals surface area contributed by atoms with Crippen LogP contribution in [0.1, 0.15) is 17.2 Å². The van der Waals surface area contributed by atoms with Gasteiger partial charge in [0.2, 0.25) is 0 Å². The molecular formula is C20H21FN4O2. The molecule has 0 amide bonds. The van der Waals surface area contributed by atoms with Crippen LogP contribution in [0.2, 0.25) is 0 Å². The maximum absolute atomic E-state index is 14.1. The van der Waals surface area contributed by atoms with Gasteiger partial charge in [0, 0.05) is 38.1 Å². The Morgan fingerprint density at radius 3 is 2.81 bits per heavy atom. The van der Waals surface area contributed by atoms with Crippen LogP contribution in [0.25, 0.3) is 0 Å². The molecule has 2 aromatic rings. The maximum atomic E-state index is 14.1. The van der Waals surface area contributed by atoms with Crippen molar-refractivity contribution >= 4 is 5.71 Å². The van der Waals surface area contributed by atoms with Crippen LogP contribution in [-0.4, -0.2) is 58.6 Å². The fourth-order valence-corrected chi connectivity index (χ4v) is 3.37. The first-order valence-corrected chi connectivity index (χ1v) is 8.84. The minimum atomic E-state index is -0.381. The van der Waals surface area contributed by atoms with Crippen LogP contribution < -0.4 is 0 Å². The van der Waals surface area contributed by atoms with Gasteiger partial charge in [-0.05, 0) is 29.8 Å². The van der Waals surface area contributed by atoms with Crippen LogP contribution in [0.3, 0.4) is 0 Å². The molecule has 4 rings (SSSR count). The first kappa shape index (κ1) is 17.6. The number of hydrogen-bond acceptors (Lipinski definition) is 6. The number of aromatic hydroxyl groups is 1. The quantitative estimate of drug-likeness (QED) is 0.902. The molecule has 1 saturated heterocycles. The topological polar surface area (TPSA) is 61.2 Å². The standard InChI is InChI=1S/C20H21FN4O2/c1-24-9-7-18(16-6-8-22-12-17(16)21)23-20(24)25-10-11-27-19(13-25)14-2-4-15(26)5-3-14/h2-9,12,19-20,26H,10-11,13H2,1H3/t19-,20?/m1/s1. The second-order valence-corrected chi connectivity index (χ2v) is 6.64. The molecule has 1 aromatic carbocycles. The van der Waals surface area contributed by atoms with Crippen molar-refractivity contribution in [1.82, 2.24) is 14.8 Å². The van der Waals surface area contributed by atoms with E-state index in [2.05, 4.69) is 9.88 Å². The van der Waals surface area contributed by atoms with E-state index in [1.807, 2.05) is 36.4 Å². The highest BCUT2D eigenvalue weighted by Crippen LogP contribution is 2.27. The Labute approximate surface area is 157 Å². The summed E-state index contributed by atoms with van der Waals surface area (Å²) in [6.07, 6.45) is 6.16. The number of ether oxygens (including phenoxy) is 1. The van der Waals surface area contributed by atoms with Crippen molar-refractivity contribution < 1.29 is 14.2 Å². The number of nitrogens with zero attached hydrogens (tertiary/aromatic N) is 4. The predicted octanol–water partition coefficient (Wildman–Crippen LogP) is 2.53. The molecule has 0 spiro atoms. The predicted molar refractivity (Wildman–Crippen MR) is 99.8 cm³/mol. The number of benzene rings is 1. The van der Waals surface area contributed by atoms with Crippen molar-refractivity contribution in [1.29, 1.82) is 0 Å². The summed E-state index contributed by atoms with van der Waals surface area (Å²) in [7, 11) is 1.95. The summed E-state index contributed by atoms with van der Waals surface area (Å²) in [5.74, 6) is -0.148. The molecule has 2 aliphatic rings. The third-order valence-corrected chi connectivity index (χ3v) is 4.82. The van der Waals surface area contributed by atoms with Crippen LogP contribution in [0.4, 0.5) is 4.39 Å². The number of aromatic nitrogens is 1. The average molecular weight is 368 g/mol. The number of aliphatic imine (C=N–C) groups is 1. The van der Waals surface area contributed by atoms with E-state index in [0.29, 0.717) is 24.4 Å². The summed E-state index contributed by atoms with van der Waals surface area (Å²) in [6, 6.07) is 8.70. The Morgan fingerprint density at radius 1 is 1.22 bits per heavy atom. The van der Waals surface area contributed by atoms with Gasteiger partial charge in [-0.1, -0.05) is 12.1 Å². The lowest BCUT2D eigenvalue weighted by molar-refractivity contribution is -0.0633. The third-order valence-electron chi connectivity index (χ3n) is 4.82. The minimum absolute atomic E-state index is 0.102. The van der Waals surface area contributed by atoms with Crippen molar-refractivity contribution in [3.8, 4) is 5.75 Å². The van der Waals surface area contributed by atoms with Gasteiger partial charge in [-0.15, -0.1) is 0 Å². The number of halogens is 1. The number of rotatable bonds is 3. The molecule has 1 aromatic heterocycles. The van der Waals surface area contributed by atoms with E-state index >= 15 is 0 Å². The van der Waals surface area contributed by atoms with Gasteiger partial charge in [-0.2, -0.15) is 0 Å². The van der Waals surface area contributed by atoms with Crippen LogP contribution in [0, 0.1) is 5.82 Å². The monoisotopic (exact) mass is 368 g/mol. The van der Waals surface area contributed by atoms with Gasteiger partial charge in [-0.25, -0.2) is 9.38 Å². The maximum Gasteiger partial charge on any atom is 0.178 e. The molecule has 2 aliphatic heterocycles. The second-order valence-electron chi connectivity index (χ2n) is 6.64. The van der Waals surface area contributed by atoms with E-state index in [-0.39, 0.29) is 24.0 Å². The van der Waals surface area contributed by atoms with Crippen LogP contribution in [-0.2, 0) is 4.74 Å². The lowest BCUT2D eigenvalue weighted by Gasteiger charge is -2.41. The van der Waals surface area contributed by atoms with Crippen molar-refractivity contribution in [2.24, 2.45) is 4.99 Å². The fourth-order valence-electron chi connectivity index (χ4n) is 3.37. The third kappa shape index (κ3) is 3.70. The molecule has 0 aliphatic carbocycles. The first-order valence-electron chi connectivity index (χ1n) is 8.84. The molecule has 2 atom stereocenters. The SMILES string of the molecule is CN1C=CC(c2ccncc2F)=NC1N1CCO[C@@H](c2ccc(O)cc2)C1. The molecule has 0 bridgehead atoms. The molecule has 140 valence electrons. The fraction of sp³-hybridized carbons (Fsp3) is 0.300. The lowest BCUT2D eigenvalue weighted by atomic mass is 10.1. The lowest BCUT2D eigenvalue weighted by Crippen LogP contribution is -2.50. The van der Waals surface area contributed by atoms with Crippen LogP contribution >= 0.6 is 0 Å². The summed E-state index contributed by atoms with van der Waals surface area (Å²) < 4.78 is 20.0. The Hall–Kier alpha value is -2.77. The summed E-state index contributed by atoms with van der Waals surface area (Å²) in [4.78, 5) is 12.8. The van der Waals surface area contributed by atoms with Gasteiger partial charge in [0.05, 0.1) is 24.6 Å². The van der Waals surface area contributed by atoms with Gasteiger partial charge in [0.1, 0.15) is 5.75 Å². The average Bonchev–Trinajstić information content (AvgIpc) is 2.70. The molecule has 27 heavy (non-hydrogen) atoms. The van der Waals surface area contributed by atoms with E-state index in [9.17, 15) is 9.50 Å². The van der Waals surface area contributed by atoms with Gasteiger partial charge in [0.15, 0.2) is 12.1 Å². The van der Waals surface area contributed by atoms with E-state index in [1.165, 1.54) is 6.20 Å². The second kappa shape index (κ2) is 7.46. The van der Waals surface area contributed by atoms with Crippen LogP contribution in [0.15, 0.2) is 60.0 Å². The molecule has 0 radical (unpaired) electrons. The van der Waals surface area contributed by atoms with Crippen molar-refractivity contribution in [3.63, 3.8) is 0 Å². The van der Waals surface area contributed by atoms with Crippen molar-refractivity contribution in [2.75, 3.05) is 26.7 Å². The molecule has 3 heterocycles. The van der Waals surface area contributed by atoms with Crippen molar-refractivity contribution in [2.45, 2.75) is 12.4 Å². The molecule has 0 saturated carbocycles. The van der Waals surface area contributed by atoms with E-state index in [0.717, 1.165) is 12.1 Å². The van der Waals surface area contributed by atoms with E-state index in [4.69, 9.17) is 9.73 Å². The molecule has 1 N–H and O–H groups in total. The summed E-state index contributed by atoms with van der Waals surface area (Å²) >= 11 is 0. The minimum Gasteiger partial charge on any atom is -0.508 e. The van der Waals surface area contributed by atoms with Crippen molar-refractivity contribution in [3.05, 3.63) is 71.9 Å². The number of hydrogen-bond donors (Lipinski definition) is 1. The molecular weight excluding hydrogens is 347 g/mol. The molecule has 1 fully saturated rings. The highest BCUT2D eigenvalue weighted by atomic mass is 19.1. The summed E-state index contributed by atoms with van der Waals surface area (Å²) in [5.41, 5.74) is 2.06. The van der Waals surface area contributed by atoms with Gasteiger partial charge in [0.25, 0.3) is 0 Å². The highest BCUT2D eigenvalue weighted by Gasteiger charge is 2.30. The van der Waals surface area contributed by atoms with E-state index in [1.54, 1.807) is 24.4 Å². The van der Waals surface area contributed by atoms with Gasteiger partial charge < -0.3 is 14.7 Å². The number of phenols is 1. The molecule has 7 heteroatoms. The zero-order chi connectivity index (χ0) is 18.8. The largest absolute Gasteiger partial charge is 0.508 e. The smallest absolute Gasteiger partial charge is 0.178 e. The summed E-state index contributed by atoms with van der Waals surface area (Å²) in [5, 5.41) is 9.49. The van der Waals surface area contributed by atoms with Gasteiger partial charge >= 0.3 is 0 Å². The Kier molecular flexibility index (Phi) is 4.87. The van der Waals surface area contributed by atoms with Gasteiger partial charge in [-0.3, -0.25) is 9.88 Å². The normalized spacial score (nSPS) is 23.3. The number of morpholine rings is 1. The molecule has 6 nitrogen and oxygen atoms in total. The zero-order valence-electron chi connectivity index (χ0n) is 15.0. The number of pyridine rings is 1.